The van der Waals surface area contributed by atoms with E-state index in [1.807, 2.05) is 0 Å². The molecule has 154 valence electrons. The first-order valence-electron chi connectivity index (χ1n) is 8.85. The van der Waals surface area contributed by atoms with Gasteiger partial charge >= 0.3 is 12.3 Å². The Hall–Kier alpha value is -2.76. The lowest BCUT2D eigenvalue weighted by Crippen LogP contribution is -2.24. The van der Waals surface area contributed by atoms with E-state index < -0.39 is 35.5 Å². The molecule has 2 aromatic rings. The van der Waals surface area contributed by atoms with Crippen molar-refractivity contribution in [2.75, 3.05) is 0 Å². The van der Waals surface area contributed by atoms with Gasteiger partial charge in [-0.15, -0.1) is 0 Å². The molecular formula is C23H20F6. The highest BCUT2D eigenvalue weighted by Gasteiger charge is 2.43. The van der Waals surface area contributed by atoms with Crippen LogP contribution in [-0.4, -0.2) is 6.43 Å². The largest absolute Gasteiger partial charge is 0.332 e. The van der Waals surface area contributed by atoms with Crippen molar-refractivity contribution in [2.45, 2.75) is 31.6 Å². The fourth-order valence-corrected chi connectivity index (χ4v) is 2.93. The second-order valence-corrected chi connectivity index (χ2v) is 6.48. The Labute approximate surface area is 165 Å². The summed E-state index contributed by atoms with van der Waals surface area (Å²) >= 11 is 0. The van der Waals surface area contributed by atoms with Gasteiger partial charge in [0.05, 0.1) is 0 Å². The number of benzene rings is 2. The molecule has 2 rings (SSSR count). The summed E-state index contributed by atoms with van der Waals surface area (Å²) in [4.78, 5) is 0. The van der Waals surface area contributed by atoms with E-state index in [1.165, 1.54) is 24.3 Å². The summed E-state index contributed by atoms with van der Waals surface area (Å²) in [5.74, 6) is -6.72. The summed E-state index contributed by atoms with van der Waals surface area (Å²) in [6.07, 6.45) is 3.09. The molecule has 29 heavy (non-hydrogen) atoms. The number of hydrogen-bond donors (Lipinski definition) is 0. The highest BCUT2D eigenvalue weighted by molar-refractivity contribution is 5.40. The van der Waals surface area contributed by atoms with Crippen LogP contribution in [0.3, 0.4) is 0 Å². The summed E-state index contributed by atoms with van der Waals surface area (Å²) < 4.78 is 80.7. The molecule has 2 aromatic carbocycles. The number of hydrogen-bond acceptors (Lipinski definition) is 0. The lowest BCUT2D eigenvalue weighted by Gasteiger charge is -2.22. The van der Waals surface area contributed by atoms with Gasteiger partial charge in [0.1, 0.15) is 11.6 Å². The van der Waals surface area contributed by atoms with Gasteiger partial charge in [-0.3, -0.25) is 0 Å². The second kappa shape index (κ2) is 9.63. The van der Waals surface area contributed by atoms with Crippen molar-refractivity contribution in [2.24, 2.45) is 0 Å². The average molecular weight is 410 g/mol. The van der Waals surface area contributed by atoms with Crippen LogP contribution in [0.15, 0.2) is 78.9 Å². The zero-order valence-electron chi connectivity index (χ0n) is 15.7. The Kier molecular flexibility index (Phi) is 7.48. The Bertz CT molecular complexity index is 894. The molecular weight excluding hydrogens is 390 g/mol. The molecule has 0 aliphatic rings. The van der Waals surface area contributed by atoms with Crippen LogP contribution in [0.4, 0.5) is 26.3 Å². The van der Waals surface area contributed by atoms with Gasteiger partial charge in [0.2, 0.25) is 0 Å². The molecule has 6 heteroatoms. The monoisotopic (exact) mass is 410 g/mol. The van der Waals surface area contributed by atoms with E-state index in [4.69, 9.17) is 0 Å². The second-order valence-electron chi connectivity index (χ2n) is 6.48. The van der Waals surface area contributed by atoms with Gasteiger partial charge in [-0.25, -0.2) is 17.6 Å². The Morgan fingerprint density at radius 2 is 1.66 bits per heavy atom. The molecule has 0 aliphatic carbocycles. The minimum atomic E-state index is -4.49. The summed E-state index contributed by atoms with van der Waals surface area (Å²) in [6, 6.07) is 7.59. The van der Waals surface area contributed by atoms with Crippen molar-refractivity contribution in [3.8, 4) is 0 Å². The quantitative estimate of drug-likeness (QED) is 0.312. The number of rotatable bonds is 8. The third-order valence-electron chi connectivity index (χ3n) is 4.46. The average Bonchev–Trinajstić information content (AvgIpc) is 2.68. The molecule has 0 radical (unpaired) electrons. The van der Waals surface area contributed by atoms with E-state index in [2.05, 4.69) is 6.58 Å². The third kappa shape index (κ3) is 5.62. The van der Waals surface area contributed by atoms with Crippen molar-refractivity contribution >= 4 is 0 Å². The lowest BCUT2D eigenvalue weighted by atomic mass is 9.84. The van der Waals surface area contributed by atoms with E-state index in [9.17, 15) is 26.3 Å². The van der Waals surface area contributed by atoms with Gasteiger partial charge in [-0.2, -0.15) is 8.78 Å². The minimum absolute atomic E-state index is 0.0835. The van der Waals surface area contributed by atoms with Crippen molar-refractivity contribution < 1.29 is 26.3 Å². The molecule has 0 nitrogen and oxygen atoms in total. The Morgan fingerprint density at radius 3 is 2.21 bits per heavy atom. The van der Waals surface area contributed by atoms with E-state index >= 15 is 0 Å². The first-order valence-corrected chi connectivity index (χ1v) is 8.85. The number of halogens is 6. The van der Waals surface area contributed by atoms with E-state index in [0.29, 0.717) is 17.2 Å². The topological polar surface area (TPSA) is 0 Å². The van der Waals surface area contributed by atoms with Crippen LogP contribution in [0.2, 0.25) is 0 Å². The molecule has 0 unspecified atom stereocenters. The molecule has 0 amide bonds. The fourth-order valence-electron chi connectivity index (χ4n) is 2.93. The van der Waals surface area contributed by atoms with Crippen LogP contribution >= 0.6 is 0 Å². The van der Waals surface area contributed by atoms with Crippen LogP contribution in [0.5, 0.6) is 0 Å². The van der Waals surface area contributed by atoms with Crippen LogP contribution in [-0.2, 0) is 5.92 Å². The van der Waals surface area contributed by atoms with Gasteiger partial charge < -0.3 is 0 Å². The molecule has 0 N–H and O–H groups in total. The number of allylic oxidation sites excluding steroid dienone is 5. The SMILES string of the molecule is C=C/C(=C\C=C/C)C[C@H](c1ccc(F)cc1)c1cc(F)cc(C(F)(F)C(F)F)c1. The molecule has 0 heterocycles. The predicted octanol–water partition coefficient (Wildman–Crippen LogP) is 7.53. The van der Waals surface area contributed by atoms with Crippen LogP contribution in [0.1, 0.15) is 36.0 Å². The van der Waals surface area contributed by atoms with E-state index in [0.717, 1.165) is 12.1 Å². The van der Waals surface area contributed by atoms with Crippen LogP contribution in [0, 0.1) is 11.6 Å². The Balaban J connectivity index is 2.60. The minimum Gasteiger partial charge on any atom is -0.207 e. The zero-order valence-corrected chi connectivity index (χ0v) is 15.7. The molecule has 0 spiro atoms. The third-order valence-corrected chi connectivity index (χ3v) is 4.46. The van der Waals surface area contributed by atoms with Crippen molar-refractivity contribution in [1.29, 1.82) is 0 Å². The zero-order chi connectivity index (χ0) is 21.6. The van der Waals surface area contributed by atoms with Crippen molar-refractivity contribution in [3.05, 3.63) is 107 Å². The smallest absolute Gasteiger partial charge is 0.207 e. The first kappa shape index (κ1) is 22.5. The van der Waals surface area contributed by atoms with Gasteiger partial charge in [-0.1, -0.05) is 43.0 Å². The van der Waals surface area contributed by atoms with Crippen LogP contribution in [0.25, 0.3) is 0 Å². The number of alkyl halides is 4. The van der Waals surface area contributed by atoms with Gasteiger partial charge in [0, 0.05) is 11.5 Å². The predicted molar refractivity (Wildman–Crippen MR) is 102 cm³/mol. The summed E-state index contributed by atoms with van der Waals surface area (Å²) in [6.45, 7) is 5.52. The fraction of sp³-hybridized carbons (Fsp3) is 0.217. The lowest BCUT2D eigenvalue weighted by molar-refractivity contribution is -0.135. The standard InChI is InChI=1S/C23H20F6/c1-3-5-6-15(4-2)11-21(16-7-9-19(24)10-8-16)17-12-18(14-20(25)13-17)23(28,29)22(26)27/h3-10,12-14,21-22H,2,11H2,1H3/b5-3-,15-6+/t21-/m1/s1. The Morgan fingerprint density at radius 1 is 1.00 bits per heavy atom. The highest BCUT2D eigenvalue weighted by atomic mass is 19.3. The van der Waals surface area contributed by atoms with Crippen LogP contribution < -0.4 is 0 Å². The van der Waals surface area contributed by atoms with E-state index in [-0.39, 0.29) is 12.0 Å². The molecule has 0 aliphatic heterocycles. The van der Waals surface area contributed by atoms with Gasteiger partial charge in [0.25, 0.3) is 0 Å². The maximum Gasteiger partial charge on any atom is 0.332 e. The molecule has 1 atom stereocenters. The van der Waals surface area contributed by atoms with Gasteiger partial charge in [0.15, 0.2) is 0 Å². The molecule has 0 fully saturated rings. The maximum atomic E-state index is 14.1. The first-order chi connectivity index (χ1) is 13.7. The molecule has 0 saturated heterocycles. The summed E-state index contributed by atoms with van der Waals surface area (Å²) in [7, 11) is 0. The normalized spacial score (nSPS) is 13.9. The maximum absolute atomic E-state index is 14.1. The van der Waals surface area contributed by atoms with Gasteiger partial charge in [-0.05, 0) is 60.4 Å². The molecule has 0 aromatic heterocycles. The molecule has 0 saturated carbocycles. The van der Waals surface area contributed by atoms with Crippen molar-refractivity contribution in [1.82, 2.24) is 0 Å². The highest BCUT2D eigenvalue weighted by Crippen LogP contribution is 2.39. The summed E-state index contributed by atoms with van der Waals surface area (Å²) in [5, 5.41) is 0. The van der Waals surface area contributed by atoms with Crippen molar-refractivity contribution in [3.63, 3.8) is 0 Å². The summed E-state index contributed by atoms with van der Waals surface area (Å²) in [5.41, 5.74) is 0.216. The molecule has 0 bridgehead atoms. The van der Waals surface area contributed by atoms with E-state index in [1.54, 1.807) is 31.2 Å².